The Labute approximate surface area is 111 Å². The van der Waals surface area contributed by atoms with Crippen LogP contribution in [0.5, 0.6) is 0 Å². The Hall–Kier alpha value is -0.710. The van der Waals surface area contributed by atoms with Crippen LogP contribution in [0.2, 0.25) is 0 Å². The molecule has 18 heavy (non-hydrogen) atoms. The number of primary sulfonamides is 1. The average Bonchev–Trinajstić information content (AvgIpc) is 2.55. The number of anilines is 1. The molecule has 0 saturated heterocycles. The number of rotatable bonds is 6. The molecule has 0 amide bonds. The fourth-order valence-corrected chi connectivity index (χ4v) is 4.55. The van der Waals surface area contributed by atoms with Gasteiger partial charge in [0.05, 0.1) is 11.4 Å². The third kappa shape index (κ3) is 4.19. The molecular weight excluding hydrogens is 298 g/mol. The highest BCUT2D eigenvalue weighted by molar-refractivity contribution is 7.93. The van der Waals surface area contributed by atoms with Gasteiger partial charge in [-0.3, -0.25) is 4.72 Å². The number of aryl methyl sites for hydroxylation is 1. The molecule has 0 aliphatic carbocycles. The van der Waals surface area contributed by atoms with Crippen LogP contribution in [-0.4, -0.2) is 27.6 Å². The van der Waals surface area contributed by atoms with E-state index in [1.807, 2.05) is 6.92 Å². The molecule has 7 nitrogen and oxygen atoms in total. The van der Waals surface area contributed by atoms with E-state index in [4.69, 9.17) is 5.14 Å². The molecule has 3 N–H and O–H groups in total. The highest BCUT2D eigenvalue weighted by Gasteiger charge is 2.20. The van der Waals surface area contributed by atoms with Crippen LogP contribution in [0.3, 0.4) is 0 Å². The molecule has 0 aliphatic heterocycles. The Morgan fingerprint density at radius 2 is 1.94 bits per heavy atom. The van der Waals surface area contributed by atoms with E-state index in [0.717, 1.165) is 6.42 Å². The summed E-state index contributed by atoms with van der Waals surface area (Å²) < 4.78 is 47.7. The van der Waals surface area contributed by atoms with Crippen molar-refractivity contribution in [3.05, 3.63) is 5.69 Å². The summed E-state index contributed by atoms with van der Waals surface area (Å²) in [5, 5.41) is 5.00. The number of hydrogen-bond acceptors (Lipinski definition) is 6. The minimum Gasteiger partial charge on any atom is -0.259 e. The standard InChI is InChI=1S/C8H15N3O4S3/c1-3-4-5-17(12,13)11-8-10-6(2)7(16-8)18(9,14)15/h3-5H2,1-2H3,(H,10,11)(H2,9,14,15). The van der Waals surface area contributed by atoms with Gasteiger partial charge < -0.3 is 0 Å². The third-order valence-corrected chi connectivity index (χ3v) is 6.11. The second-order valence-electron chi connectivity index (χ2n) is 3.71. The number of nitrogens with two attached hydrogens (primary N) is 1. The summed E-state index contributed by atoms with van der Waals surface area (Å²) in [7, 11) is -7.35. The van der Waals surface area contributed by atoms with E-state index in [1.165, 1.54) is 6.92 Å². The van der Waals surface area contributed by atoms with Crippen LogP contribution in [0, 0.1) is 6.92 Å². The maximum absolute atomic E-state index is 11.6. The van der Waals surface area contributed by atoms with E-state index in [9.17, 15) is 16.8 Å². The first-order valence-corrected chi connectivity index (χ1v) is 9.18. The van der Waals surface area contributed by atoms with Gasteiger partial charge >= 0.3 is 0 Å². The van der Waals surface area contributed by atoms with Crippen molar-refractivity contribution in [2.45, 2.75) is 30.9 Å². The van der Waals surface area contributed by atoms with Crippen molar-refractivity contribution in [3.8, 4) is 0 Å². The van der Waals surface area contributed by atoms with E-state index in [2.05, 4.69) is 9.71 Å². The van der Waals surface area contributed by atoms with Crippen molar-refractivity contribution in [3.63, 3.8) is 0 Å². The summed E-state index contributed by atoms with van der Waals surface area (Å²) >= 11 is 0.712. The van der Waals surface area contributed by atoms with Gasteiger partial charge in [0.25, 0.3) is 0 Å². The number of nitrogens with zero attached hydrogens (tertiary/aromatic N) is 1. The van der Waals surface area contributed by atoms with E-state index in [0.29, 0.717) is 17.8 Å². The SMILES string of the molecule is CCCCS(=O)(=O)Nc1nc(C)c(S(N)(=O)=O)s1. The van der Waals surface area contributed by atoms with Gasteiger partial charge in [-0.2, -0.15) is 0 Å². The molecule has 0 saturated carbocycles. The van der Waals surface area contributed by atoms with Gasteiger partial charge in [-0.05, 0) is 13.3 Å². The molecule has 0 bridgehead atoms. The molecule has 0 radical (unpaired) electrons. The normalized spacial score (nSPS) is 12.6. The molecule has 1 heterocycles. The predicted octanol–water partition coefficient (Wildman–Crippen LogP) is 0.641. The zero-order valence-electron chi connectivity index (χ0n) is 10.0. The molecule has 1 aromatic rings. The molecule has 0 atom stereocenters. The van der Waals surface area contributed by atoms with Crippen molar-refractivity contribution in [2.24, 2.45) is 5.14 Å². The molecule has 0 aromatic carbocycles. The molecule has 0 spiro atoms. The summed E-state index contributed by atoms with van der Waals surface area (Å²) in [5.41, 5.74) is 0.190. The zero-order chi connectivity index (χ0) is 14.0. The maximum atomic E-state index is 11.6. The van der Waals surface area contributed by atoms with Gasteiger partial charge in [0.15, 0.2) is 9.34 Å². The van der Waals surface area contributed by atoms with Gasteiger partial charge in [-0.15, -0.1) is 0 Å². The van der Waals surface area contributed by atoms with E-state index in [1.54, 1.807) is 0 Å². The molecule has 0 fully saturated rings. The highest BCUT2D eigenvalue weighted by atomic mass is 32.2. The number of thiazole rings is 1. The van der Waals surface area contributed by atoms with Crippen LogP contribution in [0.1, 0.15) is 25.5 Å². The van der Waals surface area contributed by atoms with Crippen molar-refractivity contribution < 1.29 is 16.8 Å². The van der Waals surface area contributed by atoms with Gasteiger partial charge in [0, 0.05) is 0 Å². The summed E-state index contributed by atoms with van der Waals surface area (Å²) in [6, 6.07) is 0. The molecule has 1 aromatic heterocycles. The van der Waals surface area contributed by atoms with Crippen molar-refractivity contribution >= 4 is 36.5 Å². The topological polar surface area (TPSA) is 119 Å². The Morgan fingerprint density at radius 1 is 1.33 bits per heavy atom. The third-order valence-electron chi connectivity index (χ3n) is 2.02. The number of nitrogens with one attached hydrogen (secondary N) is 1. The summed E-state index contributed by atoms with van der Waals surface area (Å²) in [6.07, 6.45) is 1.28. The number of sulfonamides is 2. The van der Waals surface area contributed by atoms with Crippen molar-refractivity contribution in [2.75, 3.05) is 10.5 Å². The van der Waals surface area contributed by atoms with E-state index >= 15 is 0 Å². The number of aromatic nitrogens is 1. The van der Waals surface area contributed by atoms with E-state index < -0.39 is 20.0 Å². The molecular formula is C8H15N3O4S3. The fraction of sp³-hybridized carbons (Fsp3) is 0.625. The summed E-state index contributed by atoms with van der Waals surface area (Å²) in [6.45, 7) is 3.34. The lowest BCUT2D eigenvalue weighted by atomic mass is 10.4. The molecule has 0 unspecified atom stereocenters. The Bertz CT molecular complexity index is 618. The van der Waals surface area contributed by atoms with Gasteiger partial charge in [-0.1, -0.05) is 24.7 Å². The van der Waals surface area contributed by atoms with Gasteiger partial charge in [0.1, 0.15) is 0 Å². The molecule has 1 rings (SSSR count). The second kappa shape index (κ2) is 5.51. The van der Waals surface area contributed by atoms with Crippen LogP contribution in [0.25, 0.3) is 0 Å². The fourth-order valence-electron chi connectivity index (χ4n) is 1.21. The predicted molar refractivity (Wildman–Crippen MR) is 70.5 cm³/mol. The zero-order valence-corrected chi connectivity index (χ0v) is 12.5. The first-order valence-electron chi connectivity index (χ1n) is 5.16. The Kier molecular flexibility index (Phi) is 4.70. The summed E-state index contributed by atoms with van der Waals surface area (Å²) in [5.74, 6) is -0.0210. The van der Waals surface area contributed by atoms with Crippen LogP contribution in [0.4, 0.5) is 5.13 Å². The quantitative estimate of drug-likeness (QED) is 0.798. The van der Waals surface area contributed by atoms with Gasteiger partial charge in [0.2, 0.25) is 20.0 Å². The minimum atomic E-state index is -3.86. The van der Waals surface area contributed by atoms with E-state index in [-0.39, 0.29) is 20.8 Å². The van der Waals surface area contributed by atoms with Crippen LogP contribution in [0.15, 0.2) is 4.21 Å². The average molecular weight is 313 g/mol. The van der Waals surface area contributed by atoms with Crippen molar-refractivity contribution in [1.82, 2.24) is 4.98 Å². The minimum absolute atomic E-state index is 0.0210. The lowest BCUT2D eigenvalue weighted by Gasteiger charge is -2.03. The van der Waals surface area contributed by atoms with Crippen molar-refractivity contribution in [1.29, 1.82) is 0 Å². The van der Waals surface area contributed by atoms with Gasteiger partial charge in [-0.25, -0.2) is 27.0 Å². The Balaban J connectivity index is 2.94. The summed E-state index contributed by atoms with van der Waals surface area (Å²) in [4.78, 5) is 3.84. The molecule has 104 valence electrons. The lowest BCUT2D eigenvalue weighted by Crippen LogP contribution is -2.16. The number of unbranched alkanes of at least 4 members (excludes halogenated alkanes) is 1. The maximum Gasteiger partial charge on any atom is 0.249 e. The molecule has 0 aliphatic rings. The second-order valence-corrected chi connectivity index (χ2v) is 8.31. The van der Waals surface area contributed by atoms with Crippen LogP contribution >= 0.6 is 11.3 Å². The highest BCUT2D eigenvalue weighted by Crippen LogP contribution is 2.26. The molecule has 10 heteroatoms. The largest absolute Gasteiger partial charge is 0.259 e. The number of hydrogen-bond donors (Lipinski definition) is 2. The van der Waals surface area contributed by atoms with Crippen LogP contribution in [-0.2, 0) is 20.0 Å². The lowest BCUT2D eigenvalue weighted by molar-refractivity contribution is 0.596. The van der Waals surface area contributed by atoms with Crippen LogP contribution < -0.4 is 9.86 Å². The monoisotopic (exact) mass is 313 g/mol. The first-order chi connectivity index (χ1) is 8.15. The first kappa shape index (κ1) is 15.3. The Morgan fingerprint density at radius 3 is 2.39 bits per heavy atom. The smallest absolute Gasteiger partial charge is 0.249 e.